The number of sulfonamides is 1. The largest absolute Gasteiger partial charge is 0.465 e. The number of aryl methyl sites for hydroxylation is 1. The van der Waals surface area contributed by atoms with E-state index < -0.39 is 27.2 Å². The molecule has 2 saturated heterocycles. The van der Waals surface area contributed by atoms with Crippen molar-refractivity contribution >= 4 is 16.0 Å². The third-order valence-corrected chi connectivity index (χ3v) is 8.23. The minimum Gasteiger partial charge on any atom is -0.465 e. The van der Waals surface area contributed by atoms with Crippen molar-refractivity contribution in [3.8, 4) is 0 Å². The molecular formula is C25H23NO5S. The molecule has 0 radical (unpaired) electrons. The highest BCUT2D eigenvalue weighted by Crippen LogP contribution is 2.67. The number of morpholine rings is 1. The summed E-state index contributed by atoms with van der Waals surface area (Å²) in [5.41, 5.74) is 1.59. The van der Waals surface area contributed by atoms with Crippen molar-refractivity contribution in [1.82, 2.24) is 4.31 Å². The third-order valence-electron chi connectivity index (χ3n) is 6.43. The Kier molecular flexibility index (Phi) is 4.74. The molecule has 164 valence electrons. The van der Waals surface area contributed by atoms with E-state index in [1.165, 1.54) is 11.4 Å². The van der Waals surface area contributed by atoms with E-state index in [1.54, 1.807) is 36.4 Å². The van der Waals surface area contributed by atoms with Crippen molar-refractivity contribution in [2.45, 2.75) is 23.0 Å². The fourth-order valence-electron chi connectivity index (χ4n) is 4.64. The Bertz CT molecular complexity index is 1270. The monoisotopic (exact) mass is 449 g/mol. The van der Waals surface area contributed by atoms with Crippen molar-refractivity contribution in [2.75, 3.05) is 20.2 Å². The Hall–Kier alpha value is -3.00. The summed E-state index contributed by atoms with van der Waals surface area (Å²) in [5, 5.41) is 0. The standard InChI is InChI=1S/C25H23NO5S/c1-18-8-14-22(15-9-18)32(28,29)26-16-24(20-6-4-3-5-7-20)25(17-26,31-24)21-12-10-19(11-13-21)23(27)30-2/h3-15H,16-17H2,1-2H3/t24-,25+/m1/s1. The lowest BCUT2D eigenvalue weighted by Crippen LogP contribution is -2.34. The van der Waals surface area contributed by atoms with Gasteiger partial charge in [-0.2, -0.15) is 4.31 Å². The maximum Gasteiger partial charge on any atom is 0.337 e. The molecule has 0 aromatic heterocycles. The Balaban J connectivity index is 1.56. The van der Waals surface area contributed by atoms with Gasteiger partial charge in [-0.15, -0.1) is 0 Å². The third kappa shape index (κ3) is 3.00. The van der Waals surface area contributed by atoms with Gasteiger partial charge >= 0.3 is 5.97 Å². The first kappa shape index (κ1) is 20.9. The molecule has 0 spiro atoms. The molecule has 0 amide bonds. The number of carbonyl (C=O) groups is 1. The quantitative estimate of drug-likeness (QED) is 0.439. The number of rotatable bonds is 5. The molecule has 0 bridgehead atoms. The molecule has 0 N–H and O–H groups in total. The van der Waals surface area contributed by atoms with E-state index in [9.17, 15) is 13.2 Å². The van der Waals surface area contributed by atoms with Crippen LogP contribution in [0.15, 0.2) is 83.8 Å². The molecule has 6 nitrogen and oxygen atoms in total. The number of hydrogen-bond donors (Lipinski definition) is 0. The zero-order chi connectivity index (χ0) is 22.6. The predicted octanol–water partition coefficient (Wildman–Crippen LogP) is 3.61. The molecule has 0 aliphatic carbocycles. The van der Waals surface area contributed by atoms with Crippen LogP contribution in [0.2, 0.25) is 0 Å². The van der Waals surface area contributed by atoms with Crippen molar-refractivity contribution < 1.29 is 22.7 Å². The number of epoxide rings is 1. The summed E-state index contributed by atoms with van der Waals surface area (Å²) < 4.78 is 39.6. The number of methoxy groups -OCH3 is 1. The van der Waals surface area contributed by atoms with Gasteiger partial charge in [0, 0.05) is 0 Å². The van der Waals surface area contributed by atoms with Gasteiger partial charge in [0.2, 0.25) is 10.0 Å². The number of esters is 1. The van der Waals surface area contributed by atoms with Crippen LogP contribution in [0, 0.1) is 6.92 Å². The van der Waals surface area contributed by atoms with E-state index in [4.69, 9.17) is 9.47 Å². The van der Waals surface area contributed by atoms with Crippen LogP contribution >= 0.6 is 0 Å². The van der Waals surface area contributed by atoms with Gasteiger partial charge in [0.15, 0.2) is 0 Å². The van der Waals surface area contributed by atoms with Crippen LogP contribution in [0.3, 0.4) is 0 Å². The van der Waals surface area contributed by atoms with Gasteiger partial charge in [0.05, 0.1) is 30.7 Å². The van der Waals surface area contributed by atoms with Gasteiger partial charge in [-0.3, -0.25) is 0 Å². The highest BCUT2D eigenvalue weighted by molar-refractivity contribution is 7.89. The zero-order valence-corrected chi connectivity index (χ0v) is 18.6. The number of nitrogens with zero attached hydrogens (tertiary/aromatic N) is 1. The van der Waals surface area contributed by atoms with Crippen molar-refractivity contribution in [1.29, 1.82) is 0 Å². The topological polar surface area (TPSA) is 76.2 Å². The van der Waals surface area contributed by atoms with E-state index in [0.717, 1.165) is 16.7 Å². The van der Waals surface area contributed by atoms with Crippen LogP contribution in [0.25, 0.3) is 0 Å². The van der Waals surface area contributed by atoms with Gasteiger partial charge in [-0.25, -0.2) is 13.2 Å². The van der Waals surface area contributed by atoms with E-state index in [1.807, 2.05) is 49.4 Å². The molecule has 2 heterocycles. The number of benzene rings is 3. The number of hydrogen-bond acceptors (Lipinski definition) is 5. The van der Waals surface area contributed by atoms with Crippen LogP contribution in [0.1, 0.15) is 27.0 Å². The smallest absolute Gasteiger partial charge is 0.337 e. The number of carbonyl (C=O) groups excluding carboxylic acids is 1. The Labute approximate surface area is 187 Å². The predicted molar refractivity (Wildman–Crippen MR) is 119 cm³/mol. The molecule has 0 saturated carbocycles. The first-order valence-electron chi connectivity index (χ1n) is 10.3. The lowest BCUT2D eigenvalue weighted by atomic mass is 9.84. The summed E-state index contributed by atoms with van der Waals surface area (Å²) >= 11 is 0. The minimum atomic E-state index is -3.70. The molecule has 3 aromatic rings. The van der Waals surface area contributed by atoms with Crippen LogP contribution in [0.4, 0.5) is 0 Å². The summed E-state index contributed by atoms with van der Waals surface area (Å²) in [6.07, 6.45) is 0. The van der Waals surface area contributed by atoms with Crippen LogP contribution in [0.5, 0.6) is 0 Å². The number of ether oxygens (including phenoxy) is 2. The van der Waals surface area contributed by atoms with Crippen LogP contribution in [-0.2, 0) is 30.7 Å². The van der Waals surface area contributed by atoms with Gasteiger partial charge in [-0.1, -0.05) is 60.2 Å². The second kappa shape index (κ2) is 7.27. The first-order valence-corrected chi connectivity index (χ1v) is 11.8. The molecule has 32 heavy (non-hydrogen) atoms. The lowest BCUT2D eigenvalue weighted by Gasteiger charge is -2.21. The average molecular weight is 450 g/mol. The van der Waals surface area contributed by atoms with Crippen molar-refractivity contribution in [2.24, 2.45) is 0 Å². The SMILES string of the molecule is COC(=O)c1ccc([C@@]23CN(S(=O)(=O)c4ccc(C)cc4)C[C@]2(c2ccccc2)O3)cc1. The molecule has 2 atom stereocenters. The van der Waals surface area contributed by atoms with Gasteiger partial charge in [0.1, 0.15) is 11.2 Å². The van der Waals surface area contributed by atoms with E-state index in [2.05, 4.69) is 0 Å². The van der Waals surface area contributed by atoms with Gasteiger partial charge < -0.3 is 9.47 Å². The summed E-state index contributed by atoms with van der Waals surface area (Å²) in [6.45, 7) is 2.33. The second-order valence-corrected chi connectivity index (χ2v) is 10.2. The van der Waals surface area contributed by atoms with Crippen LogP contribution < -0.4 is 0 Å². The molecule has 0 unspecified atom stereocenters. The highest BCUT2D eigenvalue weighted by Gasteiger charge is 2.77. The average Bonchev–Trinajstić information content (AvgIpc) is 3.35. The summed E-state index contributed by atoms with van der Waals surface area (Å²) in [6, 6.07) is 23.6. The first-order chi connectivity index (χ1) is 15.3. The lowest BCUT2D eigenvalue weighted by molar-refractivity contribution is 0.0600. The Morgan fingerprint density at radius 1 is 0.875 bits per heavy atom. The van der Waals surface area contributed by atoms with Gasteiger partial charge in [0.25, 0.3) is 0 Å². The molecule has 2 fully saturated rings. The summed E-state index contributed by atoms with van der Waals surface area (Å²) in [7, 11) is -2.36. The minimum absolute atomic E-state index is 0.190. The maximum atomic E-state index is 13.5. The molecule has 2 aliphatic heterocycles. The molecule has 2 aliphatic rings. The van der Waals surface area contributed by atoms with Crippen molar-refractivity contribution in [3.63, 3.8) is 0 Å². The fraction of sp³-hybridized carbons (Fsp3) is 0.240. The normalized spacial score (nSPS) is 24.7. The zero-order valence-electron chi connectivity index (χ0n) is 17.8. The van der Waals surface area contributed by atoms with E-state index in [0.29, 0.717) is 5.56 Å². The Morgan fingerprint density at radius 3 is 2.00 bits per heavy atom. The molecule has 5 rings (SSSR count). The fourth-order valence-corrected chi connectivity index (χ4v) is 6.12. The Morgan fingerprint density at radius 2 is 1.44 bits per heavy atom. The number of fused-ring (bicyclic) bond motifs is 1. The molecule has 7 heteroatoms. The summed E-state index contributed by atoms with van der Waals surface area (Å²) in [5.74, 6) is -0.421. The molecular weight excluding hydrogens is 426 g/mol. The summed E-state index contributed by atoms with van der Waals surface area (Å²) in [4.78, 5) is 12.1. The van der Waals surface area contributed by atoms with Crippen molar-refractivity contribution in [3.05, 3.63) is 101 Å². The maximum absolute atomic E-state index is 13.5. The molecule has 3 aromatic carbocycles. The highest BCUT2D eigenvalue weighted by atomic mass is 32.2. The van der Waals surface area contributed by atoms with Crippen LogP contribution in [-0.4, -0.2) is 38.9 Å². The van der Waals surface area contributed by atoms with E-state index in [-0.39, 0.29) is 18.0 Å². The van der Waals surface area contributed by atoms with E-state index >= 15 is 0 Å². The second-order valence-electron chi connectivity index (χ2n) is 8.28. The van der Waals surface area contributed by atoms with Gasteiger partial charge in [-0.05, 0) is 42.3 Å².